The van der Waals surface area contributed by atoms with E-state index in [0.717, 1.165) is 11.3 Å². The van der Waals surface area contributed by atoms with Crippen molar-refractivity contribution in [3.63, 3.8) is 0 Å². The second kappa shape index (κ2) is 9.75. The number of carbonyl (C=O) groups excluding carboxylic acids is 1. The maximum Gasteiger partial charge on any atom is 0.234 e. The van der Waals surface area contributed by atoms with Gasteiger partial charge in [-0.1, -0.05) is 41.6 Å². The van der Waals surface area contributed by atoms with Gasteiger partial charge in [0.2, 0.25) is 5.91 Å². The first kappa shape index (κ1) is 21.8. The van der Waals surface area contributed by atoms with Crippen molar-refractivity contribution in [2.45, 2.75) is 45.0 Å². The van der Waals surface area contributed by atoms with Crippen LogP contribution >= 0.6 is 11.8 Å². The minimum atomic E-state index is -0.507. The summed E-state index contributed by atoms with van der Waals surface area (Å²) in [6.45, 7) is 7.79. The minimum Gasteiger partial charge on any atom is -0.480 e. The number of rotatable bonds is 8. The topological polar surface area (TPSA) is 69.0 Å². The molecule has 0 radical (unpaired) electrons. The first-order valence-electron chi connectivity index (χ1n) is 9.70. The number of nitrogens with one attached hydrogen (secondary N) is 1. The molecule has 1 amide bonds. The second-order valence-electron chi connectivity index (χ2n) is 7.20. The first-order chi connectivity index (χ1) is 14.3. The lowest BCUT2D eigenvalue weighted by atomic mass is 10.2. The van der Waals surface area contributed by atoms with Crippen LogP contribution in [-0.4, -0.2) is 26.4 Å². The highest BCUT2D eigenvalue weighted by molar-refractivity contribution is 7.99. The van der Waals surface area contributed by atoms with E-state index >= 15 is 0 Å². The fourth-order valence-corrected chi connectivity index (χ4v) is 3.77. The molecule has 2 aromatic carbocycles. The molecule has 0 spiro atoms. The lowest BCUT2D eigenvalue weighted by molar-refractivity contribution is -0.113. The van der Waals surface area contributed by atoms with Gasteiger partial charge in [0.05, 0.1) is 5.75 Å². The molecule has 1 heterocycles. The molecular formula is C22H25FN4O2S. The number of anilines is 1. The molecule has 1 aromatic heterocycles. The molecule has 1 atom stereocenters. The smallest absolute Gasteiger partial charge is 0.234 e. The lowest BCUT2D eigenvalue weighted by Crippen LogP contribution is -2.16. The summed E-state index contributed by atoms with van der Waals surface area (Å²) in [5.74, 6) is 0.382. The molecule has 0 fully saturated rings. The number of benzene rings is 2. The van der Waals surface area contributed by atoms with Crippen molar-refractivity contribution in [1.82, 2.24) is 14.8 Å². The van der Waals surface area contributed by atoms with Gasteiger partial charge in [0.1, 0.15) is 0 Å². The van der Waals surface area contributed by atoms with E-state index < -0.39 is 11.9 Å². The summed E-state index contributed by atoms with van der Waals surface area (Å²) in [7, 11) is 0. The van der Waals surface area contributed by atoms with Crippen molar-refractivity contribution in [3.8, 4) is 5.75 Å². The zero-order valence-corrected chi connectivity index (χ0v) is 18.2. The molecule has 0 saturated carbocycles. The summed E-state index contributed by atoms with van der Waals surface area (Å²) in [6.07, 6.45) is -0.507. The highest BCUT2D eigenvalue weighted by atomic mass is 32.2. The molecule has 3 aromatic rings. The van der Waals surface area contributed by atoms with Gasteiger partial charge in [-0.2, -0.15) is 0 Å². The molecule has 3 rings (SSSR count). The summed E-state index contributed by atoms with van der Waals surface area (Å²) in [4.78, 5) is 12.3. The number of aryl methyl sites for hydroxylation is 1. The van der Waals surface area contributed by atoms with Crippen LogP contribution in [0.2, 0.25) is 0 Å². The maximum atomic E-state index is 13.9. The van der Waals surface area contributed by atoms with Crippen LogP contribution in [0.25, 0.3) is 0 Å². The van der Waals surface area contributed by atoms with Gasteiger partial charge in [-0.05, 0) is 52.0 Å². The number of para-hydroxylation sites is 1. The quantitative estimate of drug-likeness (QED) is 0.501. The van der Waals surface area contributed by atoms with Gasteiger partial charge in [-0.25, -0.2) is 4.39 Å². The maximum absolute atomic E-state index is 13.9. The van der Waals surface area contributed by atoms with Crippen molar-refractivity contribution in [1.29, 1.82) is 0 Å². The number of hydrogen-bond acceptors (Lipinski definition) is 5. The summed E-state index contributed by atoms with van der Waals surface area (Å²) < 4.78 is 21.6. The molecule has 0 aliphatic heterocycles. The summed E-state index contributed by atoms with van der Waals surface area (Å²) in [6, 6.07) is 13.9. The number of carbonyl (C=O) groups is 1. The molecule has 6 nitrogen and oxygen atoms in total. The molecule has 0 bridgehead atoms. The summed E-state index contributed by atoms with van der Waals surface area (Å²) in [5.41, 5.74) is 1.88. The van der Waals surface area contributed by atoms with E-state index in [1.165, 1.54) is 17.8 Å². The van der Waals surface area contributed by atoms with Crippen molar-refractivity contribution in [3.05, 3.63) is 65.7 Å². The minimum absolute atomic E-state index is 0.0457. The average molecular weight is 429 g/mol. The van der Waals surface area contributed by atoms with E-state index in [1.807, 2.05) is 49.6 Å². The molecule has 8 heteroatoms. The molecule has 0 aliphatic rings. The van der Waals surface area contributed by atoms with E-state index in [2.05, 4.69) is 15.5 Å². The van der Waals surface area contributed by atoms with Crippen LogP contribution in [0.3, 0.4) is 0 Å². The van der Waals surface area contributed by atoms with Gasteiger partial charge in [-0.15, -0.1) is 10.2 Å². The van der Waals surface area contributed by atoms with E-state index in [-0.39, 0.29) is 23.5 Å². The third kappa shape index (κ3) is 5.38. The van der Waals surface area contributed by atoms with Crippen LogP contribution in [0.4, 0.5) is 10.1 Å². The number of ether oxygens (including phenoxy) is 1. The Kier molecular flexibility index (Phi) is 7.10. The van der Waals surface area contributed by atoms with E-state index in [9.17, 15) is 9.18 Å². The zero-order valence-electron chi connectivity index (χ0n) is 17.4. The monoisotopic (exact) mass is 428 g/mol. The van der Waals surface area contributed by atoms with Crippen LogP contribution < -0.4 is 10.1 Å². The molecule has 30 heavy (non-hydrogen) atoms. The average Bonchev–Trinajstić information content (AvgIpc) is 3.14. The summed E-state index contributed by atoms with van der Waals surface area (Å²) in [5, 5.41) is 12.0. The van der Waals surface area contributed by atoms with Gasteiger partial charge >= 0.3 is 0 Å². The van der Waals surface area contributed by atoms with E-state index in [4.69, 9.17) is 4.74 Å². The lowest BCUT2D eigenvalue weighted by Gasteiger charge is -2.19. The summed E-state index contributed by atoms with van der Waals surface area (Å²) >= 11 is 1.30. The number of halogens is 1. The number of amides is 1. The molecule has 1 unspecified atom stereocenters. The number of thioether (sulfide) groups is 1. The Hall–Kier alpha value is -2.87. The third-order valence-corrected chi connectivity index (χ3v) is 5.32. The van der Waals surface area contributed by atoms with E-state index in [1.54, 1.807) is 25.1 Å². The van der Waals surface area contributed by atoms with Gasteiger partial charge in [0.25, 0.3) is 0 Å². The highest BCUT2D eigenvalue weighted by Crippen LogP contribution is 2.28. The van der Waals surface area contributed by atoms with Crippen molar-refractivity contribution < 1.29 is 13.9 Å². The Morgan fingerprint density at radius 3 is 2.50 bits per heavy atom. The fraction of sp³-hybridized carbons (Fsp3) is 0.318. The molecule has 0 aliphatic carbocycles. The normalized spacial score (nSPS) is 12.1. The SMILES string of the molecule is Cc1ccc(NC(=O)CSc2nnc(C(C)Oc3ccccc3F)n2C(C)C)cc1. The Balaban J connectivity index is 1.68. The standard InChI is InChI=1S/C22H25FN4O2S/c1-14(2)27-21(16(4)29-19-8-6-5-7-18(19)23)25-26-22(27)30-13-20(28)24-17-11-9-15(3)10-12-17/h5-12,14,16H,13H2,1-4H3,(H,24,28). The largest absolute Gasteiger partial charge is 0.480 e. The van der Waals surface area contributed by atoms with Gasteiger partial charge < -0.3 is 14.6 Å². The van der Waals surface area contributed by atoms with Crippen LogP contribution in [0.5, 0.6) is 5.75 Å². The predicted molar refractivity (Wildman–Crippen MR) is 116 cm³/mol. The second-order valence-corrected chi connectivity index (χ2v) is 8.14. The van der Waals surface area contributed by atoms with Crippen molar-refractivity contribution >= 4 is 23.4 Å². The predicted octanol–water partition coefficient (Wildman–Crippen LogP) is 5.18. The van der Waals surface area contributed by atoms with Crippen molar-refractivity contribution in [2.24, 2.45) is 0 Å². The van der Waals surface area contributed by atoms with E-state index in [0.29, 0.717) is 11.0 Å². The van der Waals surface area contributed by atoms with Gasteiger partial charge in [0, 0.05) is 11.7 Å². The zero-order chi connectivity index (χ0) is 21.7. The van der Waals surface area contributed by atoms with Crippen LogP contribution in [0, 0.1) is 12.7 Å². The Morgan fingerprint density at radius 2 is 1.83 bits per heavy atom. The third-order valence-electron chi connectivity index (χ3n) is 4.38. The van der Waals surface area contributed by atoms with Crippen LogP contribution in [0.15, 0.2) is 53.7 Å². The molecule has 1 N–H and O–H groups in total. The van der Waals surface area contributed by atoms with Gasteiger partial charge in [-0.3, -0.25) is 4.79 Å². The Labute approximate surface area is 179 Å². The number of hydrogen-bond donors (Lipinski definition) is 1. The van der Waals surface area contributed by atoms with Crippen LogP contribution in [-0.2, 0) is 4.79 Å². The highest BCUT2D eigenvalue weighted by Gasteiger charge is 2.22. The molecular weight excluding hydrogens is 403 g/mol. The molecule has 0 saturated heterocycles. The molecule has 158 valence electrons. The first-order valence-corrected chi connectivity index (χ1v) is 10.7. The Morgan fingerprint density at radius 1 is 1.13 bits per heavy atom. The number of nitrogens with zero attached hydrogens (tertiary/aromatic N) is 3. The van der Waals surface area contributed by atoms with Crippen LogP contribution in [0.1, 0.15) is 44.3 Å². The Bertz CT molecular complexity index is 1000. The fourth-order valence-electron chi connectivity index (χ4n) is 2.90. The van der Waals surface area contributed by atoms with Crippen molar-refractivity contribution in [2.75, 3.05) is 11.1 Å². The number of aromatic nitrogens is 3. The van der Waals surface area contributed by atoms with Gasteiger partial charge in [0.15, 0.2) is 28.7 Å².